The van der Waals surface area contributed by atoms with Crippen LogP contribution < -0.4 is 5.32 Å². The number of aromatic nitrogens is 2. The number of carbonyl (C=O) groups is 1. The highest BCUT2D eigenvalue weighted by Crippen LogP contribution is 2.31. The van der Waals surface area contributed by atoms with Crippen molar-refractivity contribution in [2.24, 2.45) is 0 Å². The van der Waals surface area contributed by atoms with Crippen LogP contribution in [0.1, 0.15) is 16.1 Å². The predicted octanol–water partition coefficient (Wildman–Crippen LogP) is 5.81. The number of thiazole rings is 1. The van der Waals surface area contributed by atoms with Crippen molar-refractivity contribution in [2.75, 3.05) is 31.6 Å². The van der Waals surface area contributed by atoms with E-state index in [-0.39, 0.29) is 5.91 Å². The molecular weight excluding hydrogens is 468 g/mol. The number of imidazole rings is 1. The SMILES string of the molecule is O=C(Nc1ccccc1-c1cn2c(CN3CCOCC3)csc2n1)c1ccccc1-c1ccccc1. The number of anilines is 1. The van der Waals surface area contributed by atoms with Gasteiger partial charge in [-0.15, -0.1) is 11.3 Å². The van der Waals surface area contributed by atoms with Gasteiger partial charge in [-0.3, -0.25) is 14.1 Å². The number of benzene rings is 3. The van der Waals surface area contributed by atoms with E-state index in [2.05, 4.69) is 26.2 Å². The van der Waals surface area contributed by atoms with Crippen LogP contribution in [0, 0.1) is 0 Å². The largest absolute Gasteiger partial charge is 0.379 e. The molecule has 1 aliphatic rings. The van der Waals surface area contributed by atoms with E-state index in [1.54, 1.807) is 11.3 Å². The maximum Gasteiger partial charge on any atom is 0.256 e. The van der Waals surface area contributed by atoms with Crippen LogP contribution >= 0.6 is 11.3 Å². The number of hydrogen-bond donors (Lipinski definition) is 1. The van der Waals surface area contributed by atoms with Crippen LogP contribution in [0.2, 0.25) is 0 Å². The Morgan fingerprint density at radius 2 is 1.64 bits per heavy atom. The summed E-state index contributed by atoms with van der Waals surface area (Å²) in [4.78, 5) is 21.7. The summed E-state index contributed by atoms with van der Waals surface area (Å²) in [6.07, 6.45) is 2.07. The van der Waals surface area contributed by atoms with Crippen molar-refractivity contribution in [1.29, 1.82) is 0 Å². The molecule has 6 nitrogen and oxygen atoms in total. The van der Waals surface area contributed by atoms with Crippen LogP contribution in [-0.4, -0.2) is 46.5 Å². The summed E-state index contributed by atoms with van der Waals surface area (Å²) in [6, 6.07) is 25.5. The summed E-state index contributed by atoms with van der Waals surface area (Å²) in [5.74, 6) is -0.143. The standard InChI is InChI=1S/C29H26N4O2S/c34-28(24-11-5-4-10-23(24)21-8-2-1-3-9-21)30-26-13-7-6-12-25(26)27-19-33-22(20-36-29(33)31-27)18-32-14-16-35-17-15-32/h1-13,19-20H,14-18H2,(H,30,34). The van der Waals surface area contributed by atoms with E-state index in [0.717, 1.165) is 65.9 Å². The van der Waals surface area contributed by atoms with E-state index in [0.29, 0.717) is 5.56 Å². The number of para-hydroxylation sites is 1. The van der Waals surface area contributed by atoms with Crippen molar-refractivity contribution >= 4 is 27.9 Å². The number of hydrogen-bond acceptors (Lipinski definition) is 5. The van der Waals surface area contributed by atoms with E-state index in [4.69, 9.17) is 9.72 Å². The third-order valence-corrected chi connectivity index (χ3v) is 7.37. The van der Waals surface area contributed by atoms with Crippen LogP contribution in [0.15, 0.2) is 90.4 Å². The summed E-state index contributed by atoms with van der Waals surface area (Å²) < 4.78 is 7.65. The second kappa shape index (κ2) is 10.1. The third kappa shape index (κ3) is 4.56. The number of nitrogens with zero attached hydrogens (tertiary/aromatic N) is 3. The molecule has 3 heterocycles. The number of ether oxygens (including phenoxy) is 1. The van der Waals surface area contributed by atoms with E-state index < -0.39 is 0 Å². The van der Waals surface area contributed by atoms with Crippen molar-refractivity contribution < 1.29 is 9.53 Å². The molecule has 3 aromatic carbocycles. The first kappa shape index (κ1) is 22.7. The molecule has 0 bridgehead atoms. The lowest BCUT2D eigenvalue weighted by molar-refractivity contribution is 0.0336. The molecule has 0 saturated carbocycles. The Balaban J connectivity index is 1.29. The van der Waals surface area contributed by atoms with Gasteiger partial charge in [0.25, 0.3) is 5.91 Å². The molecule has 5 aromatic rings. The molecule has 0 unspecified atom stereocenters. The first-order valence-electron chi connectivity index (χ1n) is 12.1. The summed E-state index contributed by atoms with van der Waals surface area (Å²) in [5.41, 5.74) is 6.26. The molecule has 36 heavy (non-hydrogen) atoms. The maximum atomic E-state index is 13.4. The van der Waals surface area contributed by atoms with Gasteiger partial charge in [-0.05, 0) is 23.3 Å². The molecule has 0 spiro atoms. The quantitative estimate of drug-likeness (QED) is 0.323. The van der Waals surface area contributed by atoms with Gasteiger partial charge in [0, 0.05) is 48.0 Å². The van der Waals surface area contributed by atoms with E-state index in [1.165, 1.54) is 5.69 Å². The fourth-order valence-electron chi connectivity index (χ4n) is 4.62. The van der Waals surface area contributed by atoms with Gasteiger partial charge in [0.2, 0.25) is 0 Å². The smallest absolute Gasteiger partial charge is 0.256 e. The minimum Gasteiger partial charge on any atom is -0.379 e. The number of morpholine rings is 1. The summed E-state index contributed by atoms with van der Waals surface area (Å²) in [5, 5.41) is 5.32. The molecule has 0 radical (unpaired) electrons. The second-order valence-corrected chi connectivity index (χ2v) is 9.64. The molecule has 6 rings (SSSR count). The Bertz CT molecular complexity index is 1500. The predicted molar refractivity (Wildman–Crippen MR) is 144 cm³/mol. The van der Waals surface area contributed by atoms with Crippen LogP contribution in [0.4, 0.5) is 5.69 Å². The number of nitrogens with one attached hydrogen (secondary N) is 1. The summed E-state index contributed by atoms with van der Waals surface area (Å²) in [7, 11) is 0. The van der Waals surface area contributed by atoms with Crippen LogP contribution in [0.3, 0.4) is 0 Å². The van der Waals surface area contributed by atoms with Gasteiger partial charge in [-0.2, -0.15) is 0 Å². The minimum absolute atomic E-state index is 0.143. The lowest BCUT2D eigenvalue weighted by Crippen LogP contribution is -2.35. The van der Waals surface area contributed by atoms with Crippen LogP contribution in [-0.2, 0) is 11.3 Å². The second-order valence-electron chi connectivity index (χ2n) is 8.81. The Morgan fingerprint density at radius 3 is 2.47 bits per heavy atom. The maximum absolute atomic E-state index is 13.4. The van der Waals surface area contributed by atoms with E-state index in [1.807, 2.05) is 78.9 Å². The number of amides is 1. The summed E-state index contributed by atoms with van der Waals surface area (Å²) in [6.45, 7) is 4.32. The highest BCUT2D eigenvalue weighted by molar-refractivity contribution is 7.15. The van der Waals surface area contributed by atoms with Gasteiger partial charge >= 0.3 is 0 Å². The molecule has 1 saturated heterocycles. The van der Waals surface area contributed by atoms with Gasteiger partial charge < -0.3 is 10.1 Å². The highest BCUT2D eigenvalue weighted by atomic mass is 32.1. The zero-order valence-corrected chi connectivity index (χ0v) is 20.6. The van der Waals surface area contributed by atoms with Crippen molar-refractivity contribution in [1.82, 2.24) is 14.3 Å². The molecule has 1 N–H and O–H groups in total. The molecule has 180 valence electrons. The van der Waals surface area contributed by atoms with Crippen molar-refractivity contribution in [3.8, 4) is 22.4 Å². The molecular formula is C29H26N4O2S. The number of rotatable bonds is 6. The Morgan fingerprint density at radius 1 is 0.917 bits per heavy atom. The van der Waals surface area contributed by atoms with Gasteiger partial charge in [0.15, 0.2) is 4.96 Å². The molecule has 0 atom stereocenters. The topological polar surface area (TPSA) is 58.9 Å². The normalized spacial score (nSPS) is 14.2. The van der Waals surface area contributed by atoms with Gasteiger partial charge in [0.1, 0.15) is 0 Å². The van der Waals surface area contributed by atoms with E-state index >= 15 is 0 Å². The van der Waals surface area contributed by atoms with Gasteiger partial charge in [-0.25, -0.2) is 4.98 Å². The molecule has 0 aliphatic carbocycles. The molecule has 1 amide bonds. The average Bonchev–Trinajstić information content (AvgIpc) is 3.52. The fourth-order valence-corrected chi connectivity index (χ4v) is 5.48. The molecule has 1 aliphatic heterocycles. The first-order chi connectivity index (χ1) is 17.8. The third-order valence-electron chi connectivity index (χ3n) is 6.48. The molecule has 1 fully saturated rings. The van der Waals surface area contributed by atoms with Crippen molar-refractivity contribution in [3.63, 3.8) is 0 Å². The first-order valence-corrected chi connectivity index (χ1v) is 12.9. The van der Waals surface area contributed by atoms with Gasteiger partial charge in [0.05, 0.1) is 24.6 Å². The van der Waals surface area contributed by atoms with Crippen molar-refractivity contribution in [3.05, 3.63) is 102 Å². The molecule has 2 aromatic heterocycles. The Hall–Kier alpha value is -3.78. The molecule has 7 heteroatoms. The number of fused-ring (bicyclic) bond motifs is 1. The zero-order valence-electron chi connectivity index (χ0n) is 19.8. The van der Waals surface area contributed by atoms with Gasteiger partial charge in [-0.1, -0.05) is 66.7 Å². The average molecular weight is 495 g/mol. The van der Waals surface area contributed by atoms with Crippen LogP contribution in [0.25, 0.3) is 27.3 Å². The lowest BCUT2D eigenvalue weighted by atomic mass is 9.99. The van der Waals surface area contributed by atoms with E-state index in [9.17, 15) is 4.79 Å². The Labute approximate surface area is 213 Å². The minimum atomic E-state index is -0.143. The monoisotopic (exact) mass is 494 g/mol. The summed E-state index contributed by atoms with van der Waals surface area (Å²) >= 11 is 1.64. The highest BCUT2D eigenvalue weighted by Gasteiger charge is 2.18. The number of carbonyl (C=O) groups excluding carboxylic acids is 1. The zero-order chi connectivity index (χ0) is 24.3. The fraction of sp³-hybridized carbons (Fsp3) is 0.172. The van der Waals surface area contributed by atoms with Crippen molar-refractivity contribution in [2.45, 2.75) is 6.54 Å². The Kier molecular flexibility index (Phi) is 6.34. The van der Waals surface area contributed by atoms with Crippen LogP contribution in [0.5, 0.6) is 0 Å². The lowest BCUT2D eigenvalue weighted by Gasteiger charge is -2.26.